The fourth-order valence-corrected chi connectivity index (χ4v) is 3.38. The number of carbonyl (C=O) groups is 1. The van der Waals surface area contributed by atoms with Gasteiger partial charge in [-0.05, 0) is 17.7 Å². The van der Waals surface area contributed by atoms with Crippen molar-refractivity contribution in [1.29, 1.82) is 0 Å². The number of nitrogens with one attached hydrogen (secondary N) is 1. The van der Waals surface area contributed by atoms with Crippen LogP contribution >= 0.6 is 0 Å². The van der Waals surface area contributed by atoms with Gasteiger partial charge in [-0.1, -0.05) is 35.5 Å². The lowest BCUT2D eigenvalue weighted by Crippen LogP contribution is -2.40. The molecule has 0 aliphatic carbocycles. The van der Waals surface area contributed by atoms with Gasteiger partial charge in [0.15, 0.2) is 11.4 Å². The Labute approximate surface area is 175 Å². The molecule has 0 unspecified atom stereocenters. The monoisotopic (exact) mass is 410 g/mol. The molecule has 3 aromatic rings. The van der Waals surface area contributed by atoms with Crippen molar-refractivity contribution in [3.05, 3.63) is 54.1 Å². The molecule has 1 fully saturated rings. The van der Waals surface area contributed by atoms with Crippen LogP contribution in [-0.4, -0.2) is 62.6 Å². The summed E-state index contributed by atoms with van der Waals surface area (Å²) >= 11 is 0. The standard InChI is InChI=1S/C22H26N4O4/c1-25(9-10-26-11-13-28-14-12-26)21-19-8-7-18(15-20(19)30-24-21)23-22(27)29-16-17-5-3-2-4-6-17/h2-8,15H,9-14,16H2,1H3,(H,23,27). The molecule has 1 amide bonds. The van der Waals surface area contributed by atoms with Gasteiger partial charge in [-0.15, -0.1) is 0 Å². The molecule has 0 spiro atoms. The topological polar surface area (TPSA) is 80.1 Å². The van der Waals surface area contributed by atoms with E-state index < -0.39 is 6.09 Å². The third-order valence-corrected chi connectivity index (χ3v) is 5.13. The summed E-state index contributed by atoms with van der Waals surface area (Å²) in [5.74, 6) is 0.788. The Morgan fingerprint density at radius 2 is 2.00 bits per heavy atom. The number of likely N-dealkylation sites (N-methyl/N-ethyl adjacent to an activating group) is 1. The van der Waals surface area contributed by atoms with Crippen LogP contribution in [0.25, 0.3) is 11.0 Å². The van der Waals surface area contributed by atoms with E-state index in [2.05, 4.69) is 20.3 Å². The SMILES string of the molecule is CN(CCN1CCOCC1)c1noc2cc(NC(=O)OCc3ccccc3)ccc12. The first-order valence-corrected chi connectivity index (χ1v) is 10.1. The Kier molecular flexibility index (Phi) is 6.46. The summed E-state index contributed by atoms with van der Waals surface area (Å²) in [4.78, 5) is 16.5. The molecule has 1 aliphatic heterocycles. The van der Waals surface area contributed by atoms with E-state index in [0.29, 0.717) is 11.3 Å². The Morgan fingerprint density at radius 3 is 2.80 bits per heavy atom. The molecule has 2 heterocycles. The molecule has 0 atom stereocenters. The van der Waals surface area contributed by atoms with Crippen molar-refractivity contribution >= 4 is 28.6 Å². The first-order chi connectivity index (χ1) is 14.7. The highest BCUT2D eigenvalue weighted by Gasteiger charge is 2.16. The quantitative estimate of drug-likeness (QED) is 0.640. The number of anilines is 2. The highest BCUT2D eigenvalue weighted by molar-refractivity contribution is 5.93. The zero-order valence-electron chi connectivity index (χ0n) is 17.0. The van der Waals surface area contributed by atoms with Gasteiger partial charge < -0.3 is 18.9 Å². The number of morpholine rings is 1. The highest BCUT2D eigenvalue weighted by Crippen LogP contribution is 2.28. The number of fused-ring (bicyclic) bond motifs is 1. The minimum Gasteiger partial charge on any atom is -0.444 e. The molecule has 1 aliphatic rings. The van der Waals surface area contributed by atoms with Crippen LogP contribution in [0.2, 0.25) is 0 Å². The first kappa shape index (κ1) is 20.2. The largest absolute Gasteiger partial charge is 0.444 e. The molecule has 1 saturated heterocycles. The molecule has 4 rings (SSSR count). The number of carbonyl (C=O) groups excluding carboxylic acids is 1. The first-order valence-electron chi connectivity index (χ1n) is 10.1. The predicted octanol–water partition coefficient (Wildman–Crippen LogP) is 3.34. The lowest BCUT2D eigenvalue weighted by atomic mass is 10.2. The minimum absolute atomic E-state index is 0.218. The van der Waals surface area contributed by atoms with Crippen LogP contribution < -0.4 is 10.2 Å². The van der Waals surface area contributed by atoms with Crippen molar-refractivity contribution in [2.45, 2.75) is 6.61 Å². The van der Waals surface area contributed by atoms with Gasteiger partial charge in [0.2, 0.25) is 0 Å². The van der Waals surface area contributed by atoms with Crippen LogP contribution in [0, 0.1) is 0 Å². The van der Waals surface area contributed by atoms with Crippen LogP contribution in [0.15, 0.2) is 53.1 Å². The lowest BCUT2D eigenvalue weighted by Gasteiger charge is -2.28. The third kappa shape index (κ3) is 5.08. The molecule has 158 valence electrons. The zero-order valence-corrected chi connectivity index (χ0v) is 17.0. The second-order valence-electron chi connectivity index (χ2n) is 7.28. The summed E-state index contributed by atoms with van der Waals surface area (Å²) in [6.07, 6.45) is -0.513. The van der Waals surface area contributed by atoms with Crippen molar-refractivity contribution in [2.75, 3.05) is 56.7 Å². The van der Waals surface area contributed by atoms with E-state index in [1.165, 1.54) is 0 Å². The number of nitrogens with zero attached hydrogens (tertiary/aromatic N) is 3. The summed E-state index contributed by atoms with van der Waals surface area (Å²) in [5.41, 5.74) is 2.14. The Balaban J connectivity index is 1.33. The summed E-state index contributed by atoms with van der Waals surface area (Å²) in [5, 5.41) is 7.85. The van der Waals surface area contributed by atoms with Crippen molar-refractivity contribution in [2.24, 2.45) is 0 Å². The summed E-state index contributed by atoms with van der Waals surface area (Å²) in [6.45, 7) is 5.51. The number of ether oxygens (including phenoxy) is 2. The van der Waals surface area contributed by atoms with Crippen LogP contribution in [0.3, 0.4) is 0 Å². The molecule has 1 aromatic heterocycles. The van der Waals surface area contributed by atoms with E-state index in [1.807, 2.05) is 49.5 Å². The van der Waals surface area contributed by atoms with Crippen LogP contribution in [0.4, 0.5) is 16.3 Å². The van der Waals surface area contributed by atoms with Crippen LogP contribution in [0.1, 0.15) is 5.56 Å². The van der Waals surface area contributed by atoms with E-state index in [0.717, 1.165) is 56.2 Å². The highest BCUT2D eigenvalue weighted by atomic mass is 16.5. The van der Waals surface area contributed by atoms with E-state index in [9.17, 15) is 4.79 Å². The molecule has 0 radical (unpaired) electrons. The Hall–Kier alpha value is -3.10. The number of benzene rings is 2. The molecular formula is C22H26N4O4. The second kappa shape index (κ2) is 9.60. The molecule has 1 N–H and O–H groups in total. The number of hydrogen-bond acceptors (Lipinski definition) is 7. The molecule has 8 heteroatoms. The fourth-order valence-electron chi connectivity index (χ4n) is 3.38. The molecule has 0 bridgehead atoms. The van der Waals surface area contributed by atoms with E-state index in [1.54, 1.807) is 6.07 Å². The lowest BCUT2D eigenvalue weighted by molar-refractivity contribution is 0.0392. The molecule has 2 aromatic carbocycles. The molecule has 8 nitrogen and oxygen atoms in total. The van der Waals surface area contributed by atoms with Crippen LogP contribution in [-0.2, 0) is 16.1 Å². The van der Waals surface area contributed by atoms with Crippen molar-refractivity contribution in [3.63, 3.8) is 0 Å². The van der Waals surface area contributed by atoms with Gasteiger partial charge in [-0.2, -0.15) is 0 Å². The maximum absolute atomic E-state index is 12.1. The summed E-state index contributed by atoms with van der Waals surface area (Å²) in [7, 11) is 2.00. The summed E-state index contributed by atoms with van der Waals surface area (Å²) < 4.78 is 16.1. The number of aromatic nitrogens is 1. The number of hydrogen-bond donors (Lipinski definition) is 1. The third-order valence-electron chi connectivity index (χ3n) is 5.13. The zero-order chi connectivity index (χ0) is 20.8. The van der Waals surface area contributed by atoms with Gasteiger partial charge in [0.25, 0.3) is 0 Å². The van der Waals surface area contributed by atoms with E-state index >= 15 is 0 Å². The minimum atomic E-state index is -0.513. The number of rotatable bonds is 7. The average Bonchev–Trinajstić information content (AvgIpc) is 3.21. The van der Waals surface area contributed by atoms with Crippen molar-refractivity contribution in [1.82, 2.24) is 10.1 Å². The van der Waals surface area contributed by atoms with Crippen LogP contribution in [0.5, 0.6) is 0 Å². The molecular weight excluding hydrogens is 384 g/mol. The van der Waals surface area contributed by atoms with Gasteiger partial charge in [-0.3, -0.25) is 10.2 Å². The van der Waals surface area contributed by atoms with Crippen molar-refractivity contribution < 1.29 is 18.8 Å². The van der Waals surface area contributed by atoms with Gasteiger partial charge in [0.05, 0.1) is 18.6 Å². The second-order valence-corrected chi connectivity index (χ2v) is 7.28. The van der Waals surface area contributed by atoms with E-state index in [-0.39, 0.29) is 6.61 Å². The number of amides is 1. The average molecular weight is 410 g/mol. The van der Waals surface area contributed by atoms with E-state index in [4.69, 9.17) is 14.0 Å². The molecule has 30 heavy (non-hydrogen) atoms. The summed E-state index contributed by atoms with van der Waals surface area (Å²) in [6, 6.07) is 15.0. The van der Waals surface area contributed by atoms with Gasteiger partial charge in [0.1, 0.15) is 6.61 Å². The van der Waals surface area contributed by atoms with Gasteiger partial charge in [0, 0.05) is 45.0 Å². The van der Waals surface area contributed by atoms with Gasteiger partial charge >= 0.3 is 6.09 Å². The Morgan fingerprint density at radius 1 is 1.20 bits per heavy atom. The Bertz CT molecular complexity index is 970. The maximum atomic E-state index is 12.1. The van der Waals surface area contributed by atoms with Gasteiger partial charge in [-0.25, -0.2) is 4.79 Å². The predicted molar refractivity (Wildman–Crippen MR) is 115 cm³/mol. The fraction of sp³-hybridized carbons (Fsp3) is 0.364. The maximum Gasteiger partial charge on any atom is 0.411 e. The van der Waals surface area contributed by atoms with Crippen molar-refractivity contribution in [3.8, 4) is 0 Å². The normalized spacial score (nSPS) is 14.6. The smallest absolute Gasteiger partial charge is 0.411 e. The molecule has 0 saturated carbocycles.